The van der Waals surface area contributed by atoms with E-state index in [9.17, 15) is 13.2 Å². The van der Waals surface area contributed by atoms with Crippen LogP contribution in [-0.4, -0.2) is 43.3 Å². The van der Waals surface area contributed by atoms with E-state index in [1.54, 1.807) is 16.2 Å². The molecule has 1 saturated heterocycles. The lowest BCUT2D eigenvalue weighted by Gasteiger charge is -2.26. The van der Waals surface area contributed by atoms with E-state index in [0.29, 0.717) is 13.0 Å². The molecule has 0 spiro atoms. The molecule has 1 amide bonds. The van der Waals surface area contributed by atoms with Crippen LogP contribution >= 0.6 is 11.3 Å². The zero-order valence-corrected chi connectivity index (χ0v) is 15.3. The van der Waals surface area contributed by atoms with Crippen molar-refractivity contribution in [2.75, 3.05) is 18.1 Å². The minimum absolute atomic E-state index is 0.0198. The van der Waals surface area contributed by atoms with Gasteiger partial charge in [-0.05, 0) is 50.7 Å². The second-order valence-electron chi connectivity index (χ2n) is 6.62. The second-order valence-corrected chi connectivity index (χ2v) is 9.99. The van der Waals surface area contributed by atoms with Crippen LogP contribution in [0.25, 0.3) is 0 Å². The van der Waals surface area contributed by atoms with Gasteiger partial charge in [0.25, 0.3) is 5.91 Å². The largest absolute Gasteiger partial charge is 0.334 e. The molecule has 0 N–H and O–H groups in total. The molecule has 1 atom stereocenters. The number of carbonyl (C=O) groups excluding carboxylic acids is 1. The minimum atomic E-state index is -2.97. The van der Waals surface area contributed by atoms with Crippen LogP contribution in [0, 0.1) is 0 Å². The van der Waals surface area contributed by atoms with Crippen LogP contribution in [0.2, 0.25) is 0 Å². The molecule has 0 aromatic carbocycles. The molecule has 2 heterocycles. The van der Waals surface area contributed by atoms with E-state index in [0.717, 1.165) is 17.7 Å². The van der Waals surface area contributed by atoms with Gasteiger partial charge in [0.15, 0.2) is 9.84 Å². The number of hydrogen-bond acceptors (Lipinski definition) is 4. The first-order chi connectivity index (χ1) is 11.0. The molecule has 1 aromatic heterocycles. The molecule has 0 saturated carbocycles. The molecule has 0 radical (unpaired) electrons. The van der Waals surface area contributed by atoms with E-state index in [-0.39, 0.29) is 23.5 Å². The fraction of sp³-hybridized carbons (Fsp3) is 0.706. The Hall–Kier alpha value is -0.880. The second kappa shape index (κ2) is 6.93. The lowest BCUT2D eigenvalue weighted by atomic mass is 9.99. The van der Waals surface area contributed by atoms with Gasteiger partial charge < -0.3 is 4.90 Å². The Morgan fingerprint density at radius 2 is 2.00 bits per heavy atom. The van der Waals surface area contributed by atoms with Crippen LogP contribution in [0.1, 0.15) is 59.1 Å². The van der Waals surface area contributed by atoms with Gasteiger partial charge in [-0.15, -0.1) is 11.3 Å². The quantitative estimate of drug-likeness (QED) is 0.837. The van der Waals surface area contributed by atoms with Gasteiger partial charge in [-0.25, -0.2) is 8.42 Å². The standard InChI is InChI=1S/C17H25NO3S2/c1-2-18(14-9-10-23(20,21)12-14)17(19)16-11-13-7-5-3-4-6-8-15(13)22-16/h11,14H,2-10,12H2,1H3/t14-/m0/s1. The zero-order valence-electron chi connectivity index (χ0n) is 13.7. The Balaban J connectivity index is 1.80. The number of aryl methyl sites for hydroxylation is 2. The van der Waals surface area contributed by atoms with E-state index in [4.69, 9.17) is 0 Å². The molecule has 1 fully saturated rings. The van der Waals surface area contributed by atoms with E-state index >= 15 is 0 Å². The number of hydrogen-bond donors (Lipinski definition) is 0. The van der Waals surface area contributed by atoms with Crippen molar-refractivity contribution < 1.29 is 13.2 Å². The minimum Gasteiger partial charge on any atom is -0.334 e. The Morgan fingerprint density at radius 1 is 1.26 bits per heavy atom. The molecule has 1 aromatic rings. The Labute approximate surface area is 142 Å². The van der Waals surface area contributed by atoms with Crippen LogP contribution in [-0.2, 0) is 22.7 Å². The van der Waals surface area contributed by atoms with Crippen molar-refractivity contribution in [3.8, 4) is 0 Å². The van der Waals surface area contributed by atoms with E-state index in [1.807, 2.05) is 6.92 Å². The number of thiophene rings is 1. The van der Waals surface area contributed by atoms with Crippen molar-refractivity contribution in [2.45, 2.75) is 57.9 Å². The number of amides is 1. The molecule has 0 bridgehead atoms. The van der Waals surface area contributed by atoms with Crippen LogP contribution in [0.4, 0.5) is 0 Å². The van der Waals surface area contributed by atoms with Crippen LogP contribution < -0.4 is 0 Å². The maximum Gasteiger partial charge on any atom is 0.264 e. The molecule has 2 aliphatic rings. The Morgan fingerprint density at radius 3 is 2.65 bits per heavy atom. The van der Waals surface area contributed by atoms with Crippen LogP contribution in [0.3, 0.4) is 0 Å². The summed E-state index contributed by atoms with van der Waals surface area (Å²) in [7, 11) is -2.97. The van der Waals surface area contributed by atoms with E-state index in [1.165, 1.54) is 36.1 Å². The van der Waals surface area contributed by atoms with Crippen molar-refractivity contribution in [2.24, 2.45) is 0 Å². The molecule has 3 rings (SSSR count). The van der Waals surface area contributed by atoms with Crippen LogP contribution in [0.15, 0.2) is 6.07 Å². The molecule has 1 aliphatic heterocycles. The molecule has 4 nitrogen and oxygen atoms in total. The first-order valence-corrected chi connectivity index (χ1v) is 11.3. The normalized spacial score (nSPS) is 23.8. The number of fused-ring (bicyclic) bond motifs is 1. The maximum atomic E-state index is 12.9. The number of rotatable bonds is 3. The summed E-state index contributed by atoms with van der Waals surface area (Å²) in [6.45, 7) is 2.51. The SMILES string of the molecule is CCN(C(=O)c1cc2c(s1)CCCCCC2)[C@H]1CCS(=O)(=O)C1. The fourth-order valence-electron chi connectivity index (χ4n) is 3.68. The topological polar surface area (TPSA) is 54.5 Å². The third-order valence-corrected chi connectivity index (χ3v) is 7.93. The summed E-state index contributed by atoms with van der Waals surface area (Å²) in [5.41, 5.74) is 1.34. The fourth-order valence-corrected chi connectivity index (χ4v) is 6.62. The van der Waals surface area contributed by atoms with Crippen molar-refractivity contribution in [3.63, 3.8) is 0 Å². The molecular weight excluding hydrogens is 330 g/mol. The average molecular weight is 356 g/mol. The highest BCUT2D eigenvalue weighted by Gasteiger charge is 2.34. The first-order valence-electron chi connectivity index (χ1n) is 8.63. The van der Waals surface area contributed by atoms with Gasteiger partial charge in [-0.1, -0.05) is 12.8 Å². The number of carbonyl (C=O) groups is 1. The lowest BCUT2D eigenvalue weighted by molar-refractivity contribution is 0.0713. The number of nitrogens with zero attached hydrogens (tertiary/aromatic N) is 1. The molecule has 6 heteroatoms. The Bertz CT molecular complexity index is 653. The molecule has 23 heavy (non-hydrogen) atoms. The maximum absolute atomic E-state index is 12.9. The highest BCUT2D eigenvalue weighted by Crippen LogP contribution is 2.30. The van der Waals surface area contributed by atoms with Crippen molar-refractivity contribution in [1.29, 1.82) is 0 Å². The third-order valence-electron chi connectivity index (χ3n) is 4.96. The monoisotopic (exact) mass is 355 g/mol. The summed E-state index contributed by atoms with van der Waals surface area (Å²) in [6.07, 6.45) is 7.70. The summed E-state index contributed by atoms with van der Waals surface area (Å²) in [4.78, 5) is 16.8. The smallest absolute Gasteiger partial charge is 0.264 e. The summed E-state index contributed by atoms with van der Waals surface area (Å²) in [5, 5.41) is 0. The molecule has 0 unspecified atom stereocenters. The summed E-state index contributed by atoms with van der Waals surface area (Å²) in [5.74, 6) is 0.353. The predicted octanol–water partition coefficient (Wildman–Crippen LogP) is 3.06. The van der Waals surface area contributed by atoms with Crippen LogP contribution in [0.5, 0.6) is 0 Å². The van der Waals surface area contributed by atoms with Gasteiger partial charge in [-0.3, -0.25) is 4.79 Å². The molecule has 1 aliphatic carbocycles. The van der Waals surface area contributed by atoms with E-state index < -0.39 is 9.84 Å². The van der Waals surface area contributed by atoms with Gasteiger partial charge in [0.1, 0.15) is 0 Å². The van der Waals surface area contributed by atoms with Gasteiger partial charge in [0.2, 0.25) is 0 Å². The molecule has 128 valence electrons. The summed E-state index contributed by atoms with van der Waals surface area (Å²) >= 11 is 1.63. The Kier molecular flexibility index (Phi) is 5.11. The zero-order chi connectivity index (χ0) is 16.4. The van der Waals surface area contributed by atoms with Gasteiger partial charge in [0.05, 0.1) is 16.4 Å². The van der Waals surface area contributed by atoms with Gasteiger partial charge in [-0.2, -0.15) is 0 Å². The lowest BCUT2D eigenvalue weighted by Crippen LogP contribution is -2.40. The van der Waals surface area contributed by atoms with Crippen molar-refractivity contribution >= 4 is 27.1 Å². The first kappa shape index (κ1) is 17.0. The predicted molar refractivity (Wildman–Crippen MR) is 94.0 cm³/mol. The number of sulfone groups is 1. The van der Waals surface area contributed by atoms with Crippen molar-refractivity contribution in [1.82, 2.24) is 4.90 Å². The van der Waals surface area contributed by atoms with Crippen molar-refractivity contribution in [3.05, 3.63) is 21.4 Å². The third kappa shape index (κ3) is 3.79. The average Bonchev–Trinajstić information content (AvgIpc) is 3.03. The highest BCUT2D eigenvalue weighted by molar-refractivity contribution is 7.91. The molecular formula is C17H25NO3S2. The highest BCUT2D eigenvalue weighted by atomic mass is 32.2. The van der Waals surface area contributed by atoms with Gasteiger partial charge in [0, 0.05) is 17.5 Å². The summed E-state index contributed by atoms with van der Waals surface area (Å²) in [6, 6.07) is 1.92. The van der Waals surface area contributed by atoms with E-state index in [2.05, 4.69) is 6.07 Å². The van der Waals surface area contributed by atoms with Gasteiger partial charge >= 0.3 is 0 Å². The summed E-state index contributed by atoms with van der Waals surface area (Å²) < 4.78 is 23.4.